The highest BCUT2D eigenvalue weighted by Crippen LogP contribution is 2.34. The van der Waals surface area contributed by atoms with Crippen molar-refractivity contribution in [2.45, 2.75) is 26.2 Å². The van der Waals surface area contributed by atoms with E-state index in [0.29, 0.717) is 6.61 Å². The average molecular weight is 284 g/mol. The van der Waals surface area contributed by atoms with Crippen LogP contribution in [0.1, 0.15) is 29.7 Å². The van der Waals surface area contributed by atoms with E-state index in [4.69, 9.17) is 4.74 Å². The number of carbonyl (C=O) groups is 1. The SMILES string of the molecule is CCOC(=O)C1C=NCCc2c1n(C)c1cccc(C)c21. The first-order chi connectivity index (χ1) is 10.1. The lowest BCUT2D eigenvalue weighted by Gasteiger charge is -2.13. The molecule has 4 heteroatoms. The van der Waals surface area contributed by atoms with Gasteiger partial charge in [0.05, 0.1) is 6.61 Å². The maximum atomic E-state index is 12.3. The van der Waals surface area contributed by atoms with Crippen LogP contribution in [0.4, 0.5) is 0 Å². The first-order valence-corrected chi connectivity index (χ1v) is 7.38. The molecule has 1 aromatic carbocycles. The third kappa shape index (κ3) is 2.15. The van der Waals surface area contributed by atoms with Crippen molar-refractivity contribution in [3.63, 3.8) is 0 Å². The van der Waals surface area contributed by atoms with Crippen LogP contribution in [0.3, 0.4) is 0 Å². The number of nitrogens with zero attached hydrogens (tertiary/aromatic N) is 2. The van der Waals surface area contributed by atoms with E-state index in [0.717, 1.165) is 18.7 Å². The molecule has 0 bridgehead atoms. The van der Waals surface area contributed by atoms with Crippen molar-refractivity contribution < 1.29 is 9.53 Å². The monoisotopic (exact) mass is 284 g/mol. The van der Waals surface area contributed by atoms with E-state index in [1.807, 2.05) is 14.0 Å². The standard InChI is InChI=1S/C17H20N2O2/c1-4-21-17(20)13-10-18-9-8-12-15-11(2)6-5-7-14(15)19(3)16(12)13/h5-7,10,13H,4,8-9H2,1-3H3. The molecule has 0 radical (unpaired) electrons. The molecule has 2 aromatic rings. The highest BCUT2D eigenvalue weighted by Gasteiger charge is 2.29. The number of aromatic nitrogens is 1. The molecule has 0 aliphatic carbocycles. The van der Waals surface area contributed by atoms with Crippen LogP contribution in [0.25, 0.3) is 10.9 Å². The van der Waals surface area contributed by atoms with Crippen LogP contribution in [0.5, 0.6) is 0 Å². The van der Waals surface area contributed by atoms with Gasteiger partial charge in [-0.2, -0.15) is 0 Å². The second-order valence-electron chi connectivity index (χ2n) is 5.43. The largest absolute Gasteiger partial charge is 0.465 e. The Labute approximate surface area is 124 Å². The highest BCUT2D eigenvalue weighted by atomic mass is 16.5. The molecule has 110 valence electrons. The van der Waals surface area contributed by atoms with Gasteiger partial charge in [-0.25, -0.2) is 0 Å². The van der Waals surface area contributed by atoms with Gasteiger partial charge >= 0.3 is 5.97 Å². The lowest BCUT2D eigenvalue weighted by atomic mass is 9.98. The summed E-state index contributed by atoms with van der Waals surface area (Å²) in [5.41, 5.74) is 4.68. The van der Waals surface area contributed by atoms with Gasteiger partial charge in [0.15, 0.2) is 0 Å². The fraction of sp³-hybridized carbons (Fsp3) is 0.412. The zero-order valence-electron chi connectivity index (χ0n) is 12.7. The summed E-state index contributed by atoms with van der Waals surface area (Å²) < 4.78 is 7.35. The molecule has 1 aromatic heterocycles. The van der Waals surface area contributed by atoms with Gasteiger partial charge in [-0.1, -0.05) is 12.1 Å². The molecule has 1 atom stereocenters. The van der Waals surface area contributed by atoms with Crippen LogP contribution in [-0.2, 0) is 23.0 Å². The molecule has 0 N–H and O–H groups in total. The lowest BCUT2D eigenvalue weighted by Crippen LogP contribution is -2.20. The number of fused-ring (bicyclic) bond motifs is 3. The maximum absolute atomic E-state index is 12.3. The summed E-state index contributed by atoms with van der Waals surface area (Å²) in [6, 6.07) is 6.29. The van der Waals surface area contributed by atoms with Crippen LogP contribution >= 0.6 is 0 Å². The number of carbonyl (C=O) groups excluding carboxylic acids is 1. The van der Waals surface area contributed by atoms with Crippen molar-refractivity contribution >= 4 is 23.1 Å². The van der Waals surface area contributed by atoms with Crippen molar-refractivity contribution in [2.75, 3.05) is 13.2 Å². The summed E-state index contributed by atoms with van der Waals surface area (Å²) in [5, 5.41) is 1.26. The molecule has 1 aliphatic rings. The number of esters is 1. The zero-order valence-corrected chi connectivity index (χ0v) is 12.7. The third-order valence-corrected chi connectivity index (χ3v) is 4.16. The fourth-order valence-electron chi connectivity index (χ4n) is 3.27. The Hall–Kier alpha value is -2.10. The van der Waals surface area contributed by atoms with Gasteiger partial charge in [0.2, 0.25) is 0 Å². The highest BCUT2D eigenvalue weighted by molar-refractivity contribution is 6.00. The Bertz CT molecular complexity index is 728. The van der Waals surface area contributed by atoms with Crippen LogP contribution in [0.15, 0.2) is 23.2 Å². The molecule has 4 nitrogen and oxygen atoms in total. The number of aliphatic imine (C=N–C) groups is 1. The van der Waals surface area contributed by atoms with Gasteiger partial charge in [0.25, 0.3) is 0 Å². The van der Waals surface area contributed by atoms with E-state index in [9.17, 15) is 4.79 Å². The van der Waals surface area contributed by atoms with Crippen molar-refractivity contribution in [1.29, 1.82) is 0 Å². The minimum Gasteiger partial charge on any atom is -0.465 e. The second-order valence-corrected chi connectivity index (χ2v) is 5.43. The number of aryl methyl sites for hydroxylation is 2. The molecule has 2 heterocycles. The van der Waals surface area contributed by atoms with Crippen molar-refractivity contribution in [3.05, 3.63) is 35.0 Å². The molecule has 0 spiro atoms. The summed E-state index contributed by atoms with van der Waals surface area (Å²) >= 11 is 0. The molecule has 0 fully saturated rings. The van der Waals surface area contributed by atoms with E-state index in [1.165, 1.54) is 22.0 Å². The van der Waals surface area contributed by atoms with Gasteiger partial charge in [0, 0.05) is 36.4 Å². The van der Waals surface area contributed by atoms with E-state index in [-0.39, 0.29) is 5.97 Å². The molecule has 0 saturated carbocycles. The summed E-state index contributed by atoms with van der Waals surface area (Å²) in [5.74, 6) is -0.618. The lowest BCUT2D eigenvalue weighted by molar-refractivity contribution is -0.143. The van der Waals surface area contributed by atoms with E-state index < -0.39 is 5.92 Å². The molecule has 0 saturated heterocycles. The quantitative estimate of drug-likeness (QED) is 0.796. The Balaban J connectivity index is 2.26. The fourth-order valence-corrected chi connectivity index (χ4v) is 3.27. The van der Waals surface area contributed by atoms with Gasteiger partial charge < -0.3 is 9.30 Å². The smallest absolute Gasteiger partial charge is 0.320 e. The predicted molar refractivity (Wildman–Crippen MR) is 84.1 cm³/mol. The predicted octanol–water partition coefficient (Wildman–Crippen LogP) is 2.76. The van der Waals surface area contributed by atoms with Crippen molar-refractivity contribution in [1.82, 2.24) is 4.57 Å². The molecule has 0 amide bonds. The van der Waals surface area contributed by atoms with Crippen LogP contribution in [0.2, 0.25) is 0 Å². The van der Waals surface area contributed by atoms with E-state index >= 15 is 0 Å². The van der Waals surface area contributed by atoms with E-state index in [1.54, 1.807) is 6.21 Å². The molecule has 21 heavy (non-hydrogen) atoms. The molecule has 1 aliphatic heterocycles. The average Bonchev–Trinajstić information content (AvgIpc) is 2.63. The van der Waals surface area contributed by atoms with Gasteiger partial charge in [0.1, 0.15) is 5.92 Å². The first kappa shape index (κ1) is 13.9. The minimum absolute atomic E-state index is 0.215. The minimum atomic E-state index is -0.403. The van der Waals surface area contributed by atoms with Gasteiger partial charge in [-0.05, 0) is 37.5 Å². The number of rotatable bonds is 2. The van der Waals surface area contributed by atoms with Crippen LogP contribution in [-0.4, -0.2) is 29.9 Å². The first-order valence-electron chi connectivity index (χ1n) is 7.38. The molecule has 1 unspecified atom stereocenters. The molecular weight excluding hydrogens is 264 g/mol. The topological polar surface area (TPSA) is 43.6 Å². The summed E-state index contributed by atoms with van der Waals surface area (Å²) in [6.07, 6.45) is 2.61. The van der Waals surface area contributed by atoms with E-state index in [2.05, 4.69) is 34.7 Å². The number of hydrogen-bond donors (Lipinski definition) is 0. The summed E-state index contributed by atoms with van der Waals surface area (Å²) in [7, 11) is 2.02. The van der Waals surface area contributed by atoms with Crippen molar-refractivity contribution in [3.8, 4) is 0 Å². The zero-order chi connectivity index (χ0) is 15.0. The van der Waals surface area contributed by atoms with Gasteiger partial charge in [-0.15, -0.1) is 0 Å². The Morgan fingerprint density at radius 2 is 2.29 bits per heavy atom. The van der Waals surface area contributed by atoms with Gasteiger partial charge in [-0.3, -0.25) is 9.79 Å². The normalized spacial score (nSPS) is 17.6. The summed E-state index contributed by atoms with van der Waals surface area (Å²) in [4.78, 5) is 16.7. The Morgan fingerprint density at radius 3 is 3.05 bits per heavy atom. The van der Waals surface area contributed by atoms with Crippen LogP contribution in [0, 0.1) is 6.92 Å². The molecule has 3 rings (SSSR count). The number of hydrogen-bond acceptors (Lipinski definition) is 3. The van der Waals surface area contributed by atoms with Crippen molar-refractivity contribution in [2.24, 2.45) is 12.0 Å². The maximum Gasteiger partial charge on any atom is 0.320 e. The summed E-state index contributed by atoms with van der Waals surface area (Å²) in [6.45, 7) is 5.06. The number of ether oxygens (including phenoxy) is 1. The second kappa shape index (κ2) is 5.35. The Kier molecular flexibility index (Phi) is 3.53. The third-order valence-electron chi connectivity index (χ3n) is 4.16. The number of benzene rings is 1. The van der Waals surface area contributed by atoms with Crippen LogP contribution < -0.4 is 0 Å². The Morgan fingerprint density at radius 1 is 1.48 bits per heavy atom. The molecular formula is C17H20N2O2.